The molecule has 1 aromatic heterocycles. The first-order valence-electron chi connectivity index (χ1n) is 9.36. The molecule has 3 aliphatic rings. The lowest BCUT2D eigenvalue weighted by atomic mass is 10.0. The molecule has 3 atom stereocenters. The second kappa shape index (κ2) is 5.89. The summed E-state index contributed by atoms with van der Waals surface area (Å²) in [4.78, 5) is 6.60. The Balaban J connectivity index is 1.11. The van der Waals surface area contributed by atoms with Crippen LogP contribution in [0.5, 0.6) is 0 Å². The number of rotatable bonds is 4. The molecule has 2 aliphatic carbocycles. The summed E-state index contributed by atoms with van der Waals surface area (Å²) in [6, 6.07) is 14.0. The van der Waals surface area contributed by atoms with Crippen LogP contribution >= 0.6 is 0 Å². The van der Waals surface area contributed by atoms with E-state index in [-0.39, 0.29) is 0 Å². The monoisotopic (exact) mass is 319 g/mol. The average molecular weight is 319 g/mol. The highest BCUT2D eigenvalue weighted by atomic mass is 15.1. The molecule has 1 aliphatic heterocycles. The van der Waals surface area contributed by atoms with E-state index in [1.54, 1.807) is 11.1 Å². The summed E-state index contributed by atoms with van der Waals surface area (Å²) in [7, 11) is 0. The van der Waals surface area contributed by atoms with Crippen molar-refractivity contribution in [2.75, 3.05) is 24.5 Å². The molecule has 0 bridgehead atoms. The lowest BCUT2D eigenvalue weighted by Gasteiger charge is -2.34. The number of hydrogen-bond donors (Lipinski definition) is 1. The minimum absolute atomic E-state index is 0.694. The van der Waals surface area contributed by atoms with Crippen LogP contribution in [0, 0.1) is 11.8 Å². The second-order valence-corrected chi connectivity index (χ2v) is 7.63. The third kappa shape index (κ3) is 2.51. The zero-order chi connectivity index (χ0) is 15.9. The van der Waals surface area contributed by atoms with Gasteiger partial charge in [0.1, 0.15) is 0 Å². The number of benzene rings is 1. The SMILES string of the molecule is c1ccc2c(c1)CC1C(CNC3CCN(c4ccncc4)CC3)C21. The fourth-order valence-electron chi connectivity index (χ4n) is 4.96. The number of nitrogens with zero attached hydrogens (tertiary/aromatic N) is 2. The van der Waals surface area contributed by atoms with Crippen LogP contribution in [-0.2, 0) is 6.42 Å². The lowest BCUT2D eigenvalue weighted by molar-refractivity contribution is 0.402. The van der Waals surface area contributed by atoms with E-state index in [4.69, 9.17) is 0 Å². The quantitative estimate of drug-likeness (QED) is 0.938. The van der Waals surface area contributed by atoms with Crippen LogP contribution in [0.15, 0.2) is 48.8 Å². The number of anilines is 1. The van der Waals surface area contributed by atoms with E-state index < -0.39 is 0 Å². The van der Waals surface area contributed by atoms with Gasteiger partial charge in [-0.1, -0.05) is 24.3 Å². The van der Waals surface area contributed by atoms with Gasteiger partial charge in [0.15, 0.2) is 0 Å². The maximum atomic E-state index is 4.12. The molecule has 2 fully saturated rings. The summed E-state index contributed by atoms with van der Waals surface area (Å²) in [5, 5.41) is 3.88. The van der Waals surface area contributed by atoms with Crippen LogP contribution in [0.4, 0.5) is 5.69 Å². The van der Waals surface area contributed by atoms with E-state index in [2.05, 4.69) is 51.6 Å². The molecule has 124 valence electrons. The first kappa shape index (κ1) is 14.5. The summed E-state index contributed by atoms with van der Waals surface area (Å²) in [6.07, 6.45) is 7.60. The number of fused-ring (bicyclic) bond motifs is 3. The van der Waals surface area contributed by atoms with Crippen molar-refractivity contribution in [3.05, 3.63) is 59.9 Å². The average Bonchev–Trinajstić information content (AvgIpc) is 3.19. The fourth-order valence-corrected chi connectivity index (χ4v) is 4.96. The molecule has 24 heavy (non-hydrogen) atoms. The molecular formula is C21H25N3. The molecule has 0 radical (unpaired) electrons. The minimum Gasteiger partial charge on any atom is -0.371 e. The van der Waals surface area contributed by atoms with E-state index in [0.717, 1.165) is 30.8 Å². The molecule has 0 spiro atoms. The number of pyridine rings is 1. The van der Waals surface area contributed by atoms with Gasteiger partial charge in [0.05, 0.1) is 0 Å². The molecule has 3 unspecified atom stereocenters. The van der Waals surface area contributed by atoms with Gasteiger partial charge in [0.25, 0.3) is 0 Å². The molecule has 1 saturated carbocycles. The van der Waals surface area contributed by atoms with Crippen molar-refractivity contribution in [1.82, 2.24) is 10.3 Å². The minimum atomic E-state index is 0.694. The van der Waals surface area contributed by atoms with Gasteiger partial charge < -0.3 is 10.2 Å². The van der Waals surface area contributed by atoms with Gasteiger partial charge in [-0.3, -0.25) is 4.98 Å². The Labute approximate surface area is 144 Å². The summed E-state index contributed by atoms with van der Waals surface area (Å²) < 4.78 is 0. The Morgan fingerprint density at radius 2 is 1.83 bits per heavy atom. The highest BCUT2D eigenvalue weighted by Crippen LogP contribution is 2.60. The Morgan fingerprint density at radius 3 is 2.67 bits per heavy atom. The van der Waals surface area contributed by atoms with E-state index in [9.17, 15) is 0 Å². The Morgan fingerprint density at radius 1 is 1.04 bits per heavy atom. The number of nitrogens with one attached hydrogen (secondary N) is 1. The standard InChI is InChI=1S/C21H25N3/c1-2-4-18-15(3-1)13-19-20(21(18)19)14-23-16-7-11-24(12-8-16)17-5-9-22-10-6-17/h1-6,9-10,16,19-21,23H,7-8,11-14H2. The van der Waals surface area contributed by atoms with Crippen molar-refractivity contribution in [3.8, 4) is 0 Å². The number of hydrogen-bond acceptors (Lipinski definition) is 3. The van der Waals surface area contributed by atoms with Crippen molar-refractivity contribution < 1.29 is 0 Å². The van der Waals surface area contributed by atoms with Crippen molar-refractivity contribution in [1.29, 1.82) is 0 Å². The summed E-state index contributed by atoms with van der Waals surface area (Å²) in [6.45, 7) is 3.52. The van der Waals surface area contributed by atoms with Gasteiger partial charge in [0.2, 0.25) is 0 Å². The normalized spacial score (nSPS) is 28.5. The highest BCUT2D eigenvalue weighted by Gasteiger charge is 2.54. The molecule has 2 heterocycles. The Bertz CT molecular complexity index is 706. The maximum absolute atomic E-state index is 4.12. The molecular weight excluding hydrogens is 294 g/mol. The molecule has 1 saturated heterocycles. The zero-order valence-corrected chi connectivity index (χ0v) is 14.1. The zero-order valence-electron chi connectivity index (χ0n) is 14.1. The smallest absolute Gasteiger partial charge is 0.0397 e. The van der Waals surface area contributed by atoms with Crippen LogP contribution in [0.3, 0.4) is 0 Å². The van der Waals surface area contributed by atoms with Crippen LogP contribution < -0.4 is 10.2 Å². The fraction of sp³-hybridized carbons (Fsp3) is 0.476. The summed E-state index contributed by atoms with van der Waals surface area (Å²) >= 11 is 0. The number of aromatic nitrogens is 1. The summed E-state index contributed by atoms with van der Waals surface area (Å²) in [5.41, 5.74) is 4.56. The largest absolute Gasteiger partial charge is 0.371 e. The van der Waals surface area contributed by atoms with Gasteiger partial charge in [-0.2, -0.15) is 0 Å². The van der Waals surface area contributed by atoms with E-state index in [1.165, 1.54) is 31.5 Å². The Hall–Kier alpha value is -1.87. The first-order valence-corrected chi connectivity index (χ1v) is 9.36. The predicted octanol–water partition coefficient (Wildman–Crippen LogP) is 3.23. The molecule has 3 nitrogen and oxygen atoms in total. The van der Waals surface area contributed by atoms with E-state index in [1.807, 2.05) is 12.4 Å². The van der Waals surface area contributed by atoms with Crippen molar-refractivity contribution in [3.63, 3.8) is 0 Å². The van der Waals surface area contributed by atoms with Crippen LogP contribution in [-0.4, -0.2) is 30.7 Å². The highest BCUT2D eigenvalue weighted by molar-refractivity contribution is 5.45. The topological polar surface area (TPSA) is 28.2 Å². The maximum Gasteiger partial charge on any atom is 0.0397 e. The lowest BCUT2D eigenvalue weighted by Crippen LogP contribution is -2.43. The van der Waals surface area contributed by atoms with Gasteiger partial charge in [0, 0.05) is 37.2 Å². The summed E-state index contributed by atoms with van der Waals surface area (Å²) in [5.74, 6) is 2.66. The second-order valence-electron chi connectivity index (χ2n) is 7.63. The van der Waals surface area contributed by atoms with Gasteiger partial charge in [-0.25, -0.2) is 0 Å². The molecule has 1 N–H and O–H groups in total. The van der Waals surface area contributed by atoms with Crippen molar-refractivity contribution in [2.24, 2.45) is 11.8 Å². The molecule has 1 aromatic carbocycles. The van der Waals surface area contributed by atoms with Crippen LogP contribution in [0.1, 0.15) is 29.9 Å². The van der Waals surface area contributed by atoms with Crippen LogP contribution in [0.25, 0.3) is 0 Å². The molecule has 5 rings (SSSR count). The third-order valence-electron chi connectivity index (χ3n) is 6.37. The van der Waals surface area contributed by atoms with Crippen molar-refractivity contribution >= 4 is 5.69 Å². The first-order chi connectivity index (χ1) is 11.9. The molecule has 0 amide bonds. The predicted molar refractivity (Wildman–Crippen MR) is 97.3 cm³/mol. The Kier molecular flexibility index (Phi) is 3.55. The van der Waals surface area contributed by atoms with Gasteiger partial charge in [-0.15, -0.1) is 0 Å². The van der Waals surface area contributed by atoms with Crippen LogP contribution in [0.2, 0.25) is 0 Å². The molecule has 2 aromatic rings. The molecule has 3 heteroatoms. The third-order valence-corrected chi connectivity index (χ3v) is 6.37. The van der Waals surface area contributed by atoms with Gasteiger partial charge in [-0.05, 0) is 66.8 Å². The van der Waals surface area contributed by atoms with Gasteiger partial charge >= 0.3 is 0 Å². The van der Waals surface area contributed by atoms with E-state index in [0.29, 0.717) is 6.04 Å². The van der Waals surface area contributed by atoms with E-state index >= 15 is 0 Å². The number of piperidine rings is 1. The van der Waals surface area contributed by atoms with Crippen molar-refractivity contribution in [2.45, 2.75) is 31.2 Å².